The monoisotopic (exact) mass is 253 g/mol. The summed E-state index contributed by atoms with van der Waals surface area (Å²) in [5.41, 5.74) is 2.07. The van der Waals surface area contributed by atoms with Gasteiger partial charge in [0.05, 0.1) is 5.69 Å². The van der Waals surface area contributed by atoms with E-state index in [1.807, 2.05) is 18.2 Å². The fourth-order valence-corrected chi connectivity index (χ4v) is 2.18. The zero-order valence-electron chi connectivity index (χ0n) is 11.0. The molecule has 0 aliphatic carbocycles. The highest BCUT2D eigenvalue weighted by atomic mass is 16.1. The summed E-state index contributed by atoms with van der Waals surface area (Å²) in [4.78, 5) is 27.2. The highest BCUT2D eigenvalue weighted by Crippen LogP contribution is 2.20. The molecule has 0 radical (unpaired) electrons. The zero-order chi connectivity index (χ0) is 14.0. The number of allylic oxidation sites excluding steroid dienone is 2. The Balaban J connectivity index is 2.92. The van der Waals surface area contributed by atoms with Crippen molar-refractivity contribution in [2.45, 2.75) is 13.8 Å². The second-order valence-electron chi connectivity index (χ2n) is 4.25. The number of rotatable bonds is 3. The Hall–Kier alpha value is -2.42. The van der Waals surface area contributed by atoms with Crippen molar-refractivity contribution in [1.29, 1.82) is 0 Å². The molecular formula is C16H15NO2. The maximum Gasteiger partial charge on any atom is 0.197 e. The molecule has 19 heavy (non-hydrogen) atoms. The fraction of sp³-hybridized carbons (Fsp3) is 0.125. The Morgan fingerprint density at radius 3 is 2.58 bits per heavy atom. The maximum absolute atomic E-state index is 12.4. The van der Waals surface area contributed by atoms with Crippen molar-refractivity contribution in [2.24, 2.45) is 0 Å². The number of H-pyrrole nitrogens is 1. The Morgan fingerprint density at radius 1 is 1.32 bits per heavy atom. The first kappa shape index (κ1) is 13.0. The second-order valence-corrected chi connectivity index (χ2v) is 4.25. The highest BCUT2D eigenvalue weighted by molar-refractivity contribution is 6.20. The highest BCUT2D eigenvalue weighted by Gasteiger charge is 2.15. The SMILES string of the molecule is C=Cc1c(/C(=C\C)C(C)=O)[nH]c2ccccc2c1=O. The van der Waals surface area contributed by atoms with Gasteiger partial charge in [0, 0.05) is 22.0 Å². The Bertz CT molecular complexity index is 751. The minimum atomic E-state index is -0.111. The molecule has 0 amide bonds. The van der Waals surface area contributed by atoms with Crippen LogP contribution in [0, 0.1) is 0 Å². The van der Waals surface area contributed by atoms with Crippen molar-refractivity contribution in [1.82, 2.24) is 4.98 Å². The van der Waals surface area contributed by atoms with Crippen molar-refractivity contribution in [3.63, 3.8) is 0 Å². The van der Waals surface area contributed by atoms with Crippen LogP contribution >= 0.6 is 0 Å². The van der Waals surface area contributed by atoms with E-state index in [0.717, 1.165) is 0 Å². The van der Waals surface area contributed by atoms with Crippen molar-refractivity contribution in [3.8, 4) is 0 Å². The molecule has 0 fully saturated rings. The molecule has 3 heteroatoms. The minimum Gasteiger partial charge on any atom is -0.354 e. The minimum absolute atomic E-state index is 0.0865. The van der Waals surface area contributed by atoms with Crippen LogP contribution < -0.4 is 5.43 Å². The van der Waals surface area contributed by atoms with Gasteiger partial charge in [-0.25, -0.2) is 0 Å². The lowest BCUT2D eigenvalue weighted by Gasteiger charge is -2.10. The Morgan fingerprint density at radius 2 is 2.00 bits per heavy atom. The normalized spacial score (nSPS) is 11.6. The molecule has 96 valence electrons. The van der Waals surface area contributed by atoms with Crippen LogP contribution in [0.1, 0.15) is 25.1 Å². The number of pyridine rings is 1. The average Bonchev–Trinajstić information content (AvgIpc) is 2.39. The van der Waals surface area contributed by atoms with E-state index in [4.69, 9.17) is 0 Å². The summed E-state index contributed by atoms with van der Waals surface area (Å²) < 4.78 is 0. The lowest BCUT2D eigenvalue weighted by molar-refractivity contribution is -0.111. The fourth-order valence-electron chi connectivity index (χ4n) is 2.18. The van der Waals surface area contributed by atoms with Crippen LogP contribution in [-0.4, -0.2) is 10.8 Å². The summed E-state index contributed by atoms with van der Waals surface area (Å²) >= 11 is 0. The predicted octanol–water partition coefficient (Wildman–Crippen LogP) is 3.16. The number of para-hydroxylation sites is 1. The molecule has 0 aliphatic heterocycles. The smallest absolute Gasteiger partial charge is 0.197 e. The molecule has 0 saturated carbocycles. The van der Waals surface area contributed by atoms with Crippen LogP contribution in [0.15, 0.2) is 41.7 Å². The van der Waals surface area contributed by atoms with E-state index in [2.05, 4.69) is 11.6 Å². The molecule has 0 saturated heterocycles. The Kier molecular flexibility index (Phi) is 3.47. The van der Waals surface area contributed by atoms with Crippen LogP contribution in [0.5, 0.6) is 0 Å². The molecule has 1 aromatic carbocycles. The Labute approximate surface area is 111 Å². The van der Waals surface area contributed by atoms with Gasteiger partial charge in [-0.05, 0) is 26.0 Å². The number of carbonyl (C=O) groups is 1. The van der Waals surface area contributed by atoms with E-state index >= 15 is 0 Å². The number of nitrogens with one attached hydrogen (secondary N) is 1. The number of benzene rings is 1. The first-order valence-corrected chi connectivity index (χ1v) is 6.05. The first-order valence-electron chi connectivity index (χ1n) is 6.05. The second kappa shape index (κ2) is 5.06. The third-order valence-electron chi connectivity index (χ3n) is 3.09. The number of hydrogen-bond acceptors (Lipinski definition) is 2. The van der Waals surface area contributed by atoms with E-state index in [1.165, 1.54) is 13.0 Å². The van der Waals surface area contributed by atoms with Crippen molar-refractivity contribution in [3.05, 3.63) is 58.4 Å². The molecule has 1 aromatic heterocycles. The van der Waals surface area contributed by atoms with E-state index in [1.54, 1.807) is 19.1 Å². The summed E-state index contributed by atoms with van der Waals surface area (Å²) in [6, 6.07) is 7.24. The number of aromatic nitrogens is 1. The lowest BCUT2D eigenvalue weighted by Crippen LogP contribution is -2.13. The van der Waals surface area contributed by atoms with Gasteiger partial charge in [-0.15, -0.1) is 0 Å². The third kappa shape index (κ3) is 2.15. The van der Waals surface area contributed by atoms with Crippen LogP contribution in [0.3, 0.4) is 0 Å². The van der Waals surface area contributed by atoms with Crippen molar-refractivity contribution >= 4 is 28.3 Å². The van der Waals surface area contributed by atoms with Gasteiger partial charge in [0.2, 0.25) is 0 Å². The number of carbonyl (C=O) groups excluding carboxylic acids is 1. The van der Waals surface area contributed by atoms with Gasteiger partial charge in [0.15, 0.2) is 11.2 Å². The van der Waals surface area contributed by atoms with Gasteiger partial charge in [-0.3, -0.25) is 9.59 Å². The lowest BCUT2D eigenvalue weighted by atomic mass is 10.0. The van der Waals surface area contributed by atoms with E-state index in [-0.39, 0.29) is 11.2 Å². The quantitative estimate of drug-likeness (QED) is 0.854. The predicted molar refractivity (Wildman–Crippen MR) is 79.0 cm³/mol. The molecule has 0 spiro atoms. The molecule has 2 aromatic rings. The molecule has 1 heterocycles. The van der Waals surface area contributed by atoms with Gasteiger partial charge < -0.3 is 4.98 Å². The molecule has 0 unspecified atom stereocenters. The molecular weight excluding hydrogens is 238 g/mol. The summed E-state index contributed by atoms with van der Waals surface area (Å²) in [5, 5.41) is 0.597. The number of aromatic amines is 1. The molecule has 1 N–H and O–H groups in total. The molecule has 0 bridgehead atoms. The van der Waals surface area contributed by atoms with Crippen LogP contribution in [-0.2, 0) is 4.79 Å². The van der Waals surface area contributed by atoms with Crippen LogP contribution in [0.2, 0.25) is 0 Å². The molecule has 2 rings (SSSR count). The largest absolute Gasteiger partial charge is 0.354 e. The molecule has 0 atom stereocenters. The standard InChI is InChI=1S/C16H15NO2/c1-4-11(10(3)18)15-12(5-2)16(19)13-8-6-7-9-14(13)17-15/h4-9H,2H2,1,3H3,(H,17,19)/b11-4-. The first-order chi connectivity index (χ1) is 9.10. The van der Waals surface area contributed by atoms with E-state index in [9.17, 15) is 9.59 Å². The van der Waals surface area contributed by atoms with Gasteiger partial charge in [0.1, 0.15) is 0 Å². The van der Waals surface area contributed by atoms with Crippen molar-refractivity contribution < 1.29 is 4.79 Å². The van der Waals surface area contributed by atoms with Crippen molar-refractivity contribution in [2.75, 3.05) is 0 Å². The number of hydrogen-bond donors (Lipinski definition) is 1. The molecule has 0 aliphatic rings. The number of ketones is 1. The third-order valence-corrected chi connectivity index (χ3v) is 3.09. The summed E-state index contributed by atoms with van der Waals surface area (Å²) in [6.07, 6.45) is 3.20. The van der Waals surface area contributed by atoms with E-state index in [0.29, 0.717) is 27.7 Å². The summed E-state index contributed by atoms with van der Waals surface area (Å²) in [7, 11) is 0. The van der Waals surface area contributed by atoms with Crippen LogP contribution in [0.25, 0.3) is 22.6 Å². The summed E-state index contributed by atoms with van der Waals surface area (Å²) in [6.45, 7) is 6.93. The van der Waals surface area contributed by atoms with Gasteiger partial charge in [-0.1, -0.05) is 30.9 Å². The molecule has 3 nitrogen and oxygen atoms in total. The van der Waals surface area contributed by atoms with E-state index < -0.39 is 0 Å². The van der Waals surface area contributed by atoms with Gasteiger partial charge in [-0.2, -0.15) is 0 Å². The maximum atomic E-state index is 12.4. The topological polar surface area (TPSA) is 49.9 Å². The van der Waals surface area contributed by atoms with Gasteiger partial charge >= 0.3 is 0 Å². The number of fused-ring (bicyclic) bond motifs is 1. The number of Topliss-reactive ketones (excluding diaryl/α,β-unsaturated/α-hetero) is 1. The average molecular weight is 253 g/mol. The van der Waals surface area contributed by atoms with Crippen LogP contribution in [0.4, 0.5) is 0 Å². The summed E-state index contributed by atoms with van der Waals surface area (Å²) in [5.74, 6) is -0.0865. The van der Waals surface area contributed by atoms with Gasteiger partial charge in [0.25, 0.3) is 0 Å². The zero-order valence-corrected chi connectivity index (χ0v) is 11.0.